The van der Waals surface area contributed by atoms with Gasteiger partial charge in [-0.25, -0.2) is 14.5 Å². The second-order valence-electron chi connectivity index (χ2n) is 7.21. The number of ether oxygens (including phenoxy) is 1. The van der Waals surface area contributed by atoms with Gasteiger partial charge >= 0.3 is 0 Å². The van der Waals surface area contributed by atoms with Crippen molar-refractivity contribution in [1.82, 2.24) is 34.4 Å². The average molecular weight is 381 g/mol. The van der Waals surface area contributed by atoms with Crippen LogP contribution >= 0.6 is 0 Å². The number of hydrogen-bond acceptors (Lipinski definition) is 7. The fourth-order valence-corrected chi connectivity index (χ4v) is 3.53. The zero-order chi connectivity index (χ0) is 19.8. The number of piperidine rings is 1. The van der Waals surface area contributed by atoms with Gasteiger partial charge < -0.3 is 9.64 Å². The molecule has 4 heterocycles. The van der Waals surface area contributed by atoms with E-state index in [1.54, 1.807) is 9.42 Å². The van der Waals surface area contributed by atoms with Gasteiger partial charge in [0.25, 0.3) is 11.7 Å². The van der Waals surface area contributed by atoms with Gasteiger partial charge in [-0.2, -0.15) is 9.97 Å². The summed E-state index contributed by atoms with van der Waals surface area (Å²) in [6.07, 6.45) is 1.60. The van der Waals surface area contributed by atoms with Gasteiger partial charge in [-0.1, -0.05) is 0 Å². The van der Waals surface area contributed by atoms with E-state index in [0.29, 0.717) is 30.6 Å². The molecule has 1 aliphatic heterocycles. The highest BCUT2D eigenvalue weighted by Gasteiger charge is 2.28. The molecule has 1 saturated heterocycles. The van der Waals surface area contributed by atoms with Crippen LogP contribution < -0.4 is 4.74 Å². The molecule has 1 amide bonds. The van der Waals surface area contributed by atoms with Crippen molar-refractivity contribution in [2.75, 3.05) is 13.1 Å². The Hall–Kier alpha value is -3.10. The van der Waals surface area contributed by atoms with E-state index in [9.17, 15) is 4.79 Å². The summed E-state index contributed by atoms with van der Waals surface area (Å²) in [5, 5.41) is 4.35. The molecule has 0 radical (unpaired) electrons. The molecular weight excluding hydrogens is 358 g/mol. The molecule has 28 heavy (non-hydrogen) atoms. The Labute approximate surface area is 162 Å². The van der Waals surface area contributed by atoms with Crippen molar-refractivity contribution in [3.8, 4) is 5.88 Å². The van der Waals surface area contributed by atoms with Crippen LogP contribution in [0.25, 0.3) is 5.78 Å². The third kappa shape index (κ3) is 3.64. The quantitative estimate of drug-likeness (QED) is 0.682. The minimum atomic E-state index is -0.203. The van der Waals surface area contributed by atoms with E-state index in [1.807, 2.05) is 39.8 Å². The third-order valence-corrected chi connectivity index (χ3v) is 4.70. The standard InChI is InChI=1S/C19H23N7O2/c1-11-8-13(3)26-19(21-11)23-17(24-26)18(27)25-7-5-6-15(10-25)28-16-9-12(2)20-14(4)22-16/h8-9,15H,5-7,10H2,1-4H3. The summed E-state index contributed by atoms with van der Waals surface area (Å²) in [4.78, 5) is 32.0. The number of likely N-dealkylation sites (tertiary alicyclic amines) is 1. The SMILES string of the molecule is Cc1cc(OC2CCCN(C(=O)c3nc4nc(C)cc(C)n4n3)C2)nc(C)n1. The van der Waals surface area contributed by atoms with Crippen molar-refractivity contribution in [1.29, 1.82) is 0 Å². The Balaban J connectivity index is 1.51. The minimum Gasteiger partial charge on any atom is -0.472 e. The zero-order valence-corrected chi connectivity index (χ0v) is 16.5. The molecule has 3 aromatic rings. The summed E-state index contributed by atoms with van der Waals surface area (Å²) in [6.45, 7) is 8.69. The minimum absolute atomic E-state index is 0.120. The van der Waals surface area contributed by atoms with Gasteiger partial charge in [0.15, 0.2) is 0 Å². The predicted octanol–water partition coefficient (Wildman–Crippen LogP) is 1.83. The van der Waals surface area contributed by atoms with Crippen molar-refractivity contribution in [2.24, 2.45) is 0 Å². The van der Waals surface area contributed by atoms with E-state index < -0.39 is 0 Å². The maximum absolute atomic E-state index is 13.0. The maximum atomic E-state index is 13.0. The molecule has 0 spiro atoms. The van der Waals surface area contributed by atoms with E-state index in [-0.39, 0.29) is 17.8 Å². The average Bonchev–Trinajstić information content (AvgIpc) is 3.04. The molecule has 3 aromatic heterocycles. The van der Waals surface area contributed by atoms with Gasteiger partial charge in [0, 0.05) is 29.7 Å². The van der Waals surface area contributed by atoms with Crippen LogP contribution in [0.15, 0.2) is 12.1 Å². The highest BCUT2D eigenvalue weighted by atomic mass is 16.5. The molecule has 146 valence electrons. The van der Waals surface area contributed by atoms with E-state index >= 15 is 0 Å². The van der Waals surface area contributed by atoms with Crippen LogP contribution in [-0.2, 0) is 0 Å². The summed E-state index contributed by atoms with van der Waals surface area (Å²) in [5.41, 5.74) is 2.60. The zero-order valence-electron chi connectivity index (χ0n) is 16.5. The molecule has 1 aliphatic rings. The van der Waals surface area contributed by atoms with E-state index in [0.717, 1.165) is 29.9 Å². The van der Waals surface area contributed by atoms with Crippen molar-refractivity contribution >= 4 is 11.7 Å². The van der Waals surface area contributed by atoms with Crippen LogP contribution in [0, 0.1) is 27.7 Å². The summed E-state index contributed by atoms with van der Waals surface area (Å²) in [6, 6.07) is 3.72. The number of carbonyl (C=O) groups excluding carboxylic acids is 1. The van der Waals surface area contributed by atoms with Crippen LogP contribution in [0.3, 0.4) is 0 Å². The lowest BCUT2D eigenvalue weighted by molar-refractivity contribution is 0.0516. The highest BCUT2D eigenvalue weighted by molar-refractivity contribution is 5.91. The van der Waals surface area contributed by atoms with Gasteiger partial charge in [-0.05, 0) is 46.6 Å². The molecule has 0 aliphatic carbocycles. The first-order valence-electron chi connectivity index (χ1n) is 9.38. The van der Waals surface area contributed by atoms with Gasteiger partial charge in [0.05, 0.1) is 6.54 Å². The van der Waals surface area contributed by atoms with Crippen molar-refractivity contribution < 1.29 is 9.53 Å². The number of aryl methyl sites for hydroxylation is 4. The van der Waals surface area contributed by atoms with Crippen LogP contribution in [0.5, 0.6) is 5.88 Å². The highest BCUT2D eigenvalue weighted by Crippen LogP contribution is 2.19. The predicted molar refractivity (Wildman–Crippen MR) is 101 cm³/mol. The molecule has 0 N–H and O–H groups in total. The van der Waals surface area contributed by atoms with Crippen LogP contribution in [0.2, 0.25) is 0 Å². The number of carbonyl (C=O) groups is 1. The molecule has 1 fully saturated rings. The van der Waals surface area contributed by atoms with Crippen molar-refractivity contribution in [3.63, 3.8) is 0 Å². The van der Waals surface area contributed by atoms with Gasteiger partial charge in [-0.3, -0.25) is 4.79 Å². The molecule has 0 bridgehead atoms. The van der Waals surface area contributed by atoms with Gasteiger partial charge in [0.1, 0.15) is 11.9 Å². The first-order chi connectivity index (χ1) is 13.4. The smallest absolute Gasteiger partial charge is 0.293 e. The second-order valence-corrected chi connectivity index (χ2v) is 7.21. The van der Waals surface area contributed by atoms with Gasteiger partial charge in [0.2, 0.25) is 11.7 Å². The summed E-state index contributed by atoms with van der Waals surface area (Å²) >= 11 is 0. The lowest BCUT2D eigenvalue weighted by atomic mass is 10.1. The Morgan fingerprint density at radius 3 is 2.64 bits per heavy atom. The second kappa shape index (κ2) is 7.14. The Bertz CT molecular complexity index is 1030. The molecule has 9 nitrogen and oxygen atoms in total. The topological polar surface area (TPSA) is 98.4 Å². The molecule has 0 saturated carbocycles. The van der Waals surface area contributed by atoms with Crippen LogP contribution in [0.1, 0.15) is 46.4 Å². The Kier molecular flexibility index (Phi) is 4.66. The molecular formula is C19H23N7O2. The molecule has 9 heteroatoms. The van der Waals surface area contributed by atoms with E-state index in [1.165, 1.54) is 0 Å². The summed E-state index contributed by atoms with van der Waals surface area (Å²) in [7, 11) is 0. The number of aromatic nitrogens is 6. The first-order valence-corrected chi connectivity index (χ1v) is 9.38. The lowest BCUT2D eigenvalue weighted by Crippen LogP contribution is -2.44. The normalized spacial score (nSPS) is 17.1. The number of amides is 1. The van der Waals surface area contributed by atoms with Crippen LogP contribution in [-0.4, -0.2) is 59.6 Å². The number of hydrogen-bond donors (Lipinski definition) is 0. The summed E-state index contributed by atoms with van der Waals surface area (Å²) in [5.74, 6) is 1.62. The third-order valence-electron chi connectivity index (χ3n) is 4.70. The molecule has 1 unspecified atom stereocenters. The maximum Gasteiger partial charge on any atom is 0.293 e. The fourth-order valence-electron chi connectivity index (χ4n) is 3.53. The fraction of sp³-hybridized carbons (Fsp3) is 0.474. The summed E-state index contributed by atoms with van der Waals surface area (Å²) < 4.78 is 7.63. The Morgan fingerprint density at radius 2 is 1.86 bits per heavy atom. The van der Waals surface area contributed by atoms with Crippen molar-refractivity contribution in [2.45, 2.75) is 46.6 Å². The first kappa shape index (κ1) is 18.3. The molecule has 1 atom stereocenters. The molecule has 4 rings (SSSR count). The number of nitrogens with zero attached hydrogens (tertiary/aromatic N) is 7. The largest absolute Gasteiger partial charge is 0.472 e. The van der Waals surface area contributed by atoms with Gasteiger partial charge in [-0.15, -0.1) is 5.10 Å². The number of fused-ring (bicyclic) bond motifs is 1. The van der Waals surface area contributed by atoms with Crippen molar-refractivity contribution in [3.05, 3.63) is 40.9 Å². The number of rotatable bonds is 3. The Morgan fingerprint density at radius 1 is 1.07 bits per heavy atom. The van der Waals surface area contributed by atoms with E-state index in [2.05, 4.69) is 25.0 Å². The van der Waals surface area contributed by atoms with Crippen LogP contribution in [0.4, 0.5) is 0 Å². The monoisotopic (exact) mass is 381 g/mol. The molecule has 0 aromatic carbocycles. The van der Waals surface area contributed by atoms with E-state index in [4.69, 9.17) is 4.74 Å². The lowest BCUT2D eigenvalue weighted by Gasteiger charge is -2.31.